The van der Waals surface area contributed by atoms with Crippen LogP contribution in [0.5, 0.6) is 23.0 Å². The SMILES string of the molecule is COc1cc(C(C(=O)O)N(CCN(CC(C)=O)[C@H](C(=O)O)c2cc(OC)cc(S(=O)(=O)O)c2O)CC(=O)O)c(O)c(S(=O)(=O)O)c1.O.[Mn+2]. The zero-order valence-electron chi connectivity index (χ0n) is 25.1. The number of aliphatic carboxylic acids is 3. The van der Waals surface area contributed by atoms with E-state index in [1.54, 1.807) is 0 Å². The molecule has 2 aromatic carbocycles. The second-order valence-electron chi connectivity index (χ2n) is 9.60. The summed E-state index contributed by atoms with van der Waals surface area (Å²) in [5.74, 6) is -9.16. The third-order valence-electron chi connectivity index (χ3n) is 6.41. The molecule has 267 valence electrons. The van der Waals surface area contributed by atoms with E-state index in [1.165, 1.54) is 0 Å². The number of carbonyl (C=O) groups is 4. The Kier molecular flexibility index (Phi) is 15.9. The summed E-state index contributed by atoms with van der Waals surface area (Å²) >= 11 is 0. The number of benzene rings is 2. The number of carboxylic acid groups (broad SMARTS) is 3. The maximum absolute atomic E-state index is 12.5. The van der Waals surface area contributed by atoms with Crippen molar-refractivity contribution in [2.45, 2.75) is 28.8 Å². The molecule has 0 bridgehead atoms. The molecule has 1 radical (unpaired) electrons. The molecule has 2 rings (SSSR count). The molecule has 0 saturated heterocycles. The third kappa shape index (κ3) is 10.7. The van der Waals surface area contributed by atoms with Crippen LogP contribution >= 0.6 is 0 Å². The summed E-state index contributed by atoms with van der Waals surface area (Å²) in [5, 5.41) is 51.1. The van der Waals surface area contributed by atoms with E-state index in [2.05, 4.69) is 0 Å². The summed E-state index contributed by atoms with van der Waals surface area (Å²) < 4.78 is 76.5. The molecule has 0 aliphatic rings. The zero-order valence-corrected chi connectivity index (χ0v) is 27.9. The first-order valence-corrected chi connectivity index (χ1v) is 15.4. The minimum atomic E-state index is -5.17. The standard InChI is InChI=1S/C25H30N2O17S2.Mn.H2O/c1-12(28)10-26(20(24(33)34)15-6-13(43-2)8-17(22(15)31)45(37,38)39)4-5-27(11-19(29)30)21(25(35)36)16-7-14(44-3)9-18(23(16)32)46(40,41)42;;/h6-9,20-21,31-32H,4-5,10-11H2,1-3H3,(H,29,30)(H,33,34)(H,35,36)(H,37,38,39)(H,40,41,42);;1H2/q;+2;/t20-,21?;;/m0../s1. The van der Waals surface area contributed by atoms with Crippen molar-refractivity contribution in [1.29, 1.82) is 0 Å². The molecule has 23 heteroatoms. The first-order valence-electron chi connectivity index (χ1n) is 12.6. The average molecular weight is 768 g/mol. The Morgan fingerprint density at radius 3 is 1.29 bits per heavy atom. The number of carbonyl (C=O) groups excluding carboxylic acids is 1. The summed E-state index contributed by atoms with van der Waals surface area (Å²) in [5.41, 5.74) is -1.44. The van der Waals surface area contributed by atoms with Gasteiger partial charge >= 0.3 is 35.0 Å². The molecule has 0 spiro atoms. The first-order chi connectivity index (χ1) is 21.1. The van der Waals surface area contributed by atoms with E-state index in [4.69, 9.17) is 9.47 Å². The Bertz CT molecular complexity index is 1620. The summed E-state index contributed by atoms with van der Waals surface area (Å²) in [6.45, 7) is -2.28. The van der Waals surface area contributed by atoms with E-state index < -0.39 is 115 Å². The van der Waals surface area contributed by atoms with Gasteiger partial charge in [-0.1, -0.05) is 0 Å². The van der Waals surface area contributed by atoms with Crippen molar-refractivity contribution in [3.05, 3.63) is 35.4 Å². The Balaban J connectivity index is 0.0000110. The molecule has 2 aromatic rings. The van der Waals surface area contributed by atoms with Gasteiger partial charge in [0.05, 0.1) is 27.3 Å². The molecule has 0 aliphatic heterocycles. The van der Waals surface area contributed by atoms with E-state index in [9.17, 15) is 70.7 Å². The topological polar surface area (TPSA) is 335 Å². The molecular formula is C25H32MnN2O18S2+2. The number of hydrogen-bond donors (Lipinski definition) is 7. The number of methoxy groups -OCH3 is 2. The van der Waals surface area contributed by atoms with Gasteiger partial charge in [0.1, 0.15) is 50.7 Å². The van der Waals surface area contributed by atoms with Gasteiger partial charge in [0, 0.05) is 36.3 Å². The molecule has 0 aliphatic carbocycles. The van der Waals surface area contributed by atoms with Gasteiger partial charge in [-0.2, -0.15) is 16.8 Å². The average Bonchev–Trinajstić information content (AvgIpc) is 2.91. The minimum absolute atomic E-state index is 0. The normalized spacial score (nSPS) is 12.7. The molecule has 1 unspecified atom stereocenters. The second-order valence-corrected chi connectivity index (χ2v) is 12.4. The van der Waals surface area contributed by atoms with E-state index in [0.717, 1.165) is 38.2 Å². The minimum Gasteiger partial charge on any atom is -0.506 e. The fourth-order valence-corrected chi connectivity index (χ4v) is 5.79. The number of rotatable bonds is 17. The molecule has 2 atom stereocenters. The zero-order chi connectivity index (χ0) is 35.3. The van der Waals surface area contributed by atoms with Crippen LogP contribution < -0.4 is 9.47 Å². The maximum atomic E-state index is 12.5. The maximum Gasteiger partial charge on any atom is 2.00 e. The monoisotopic (exact) mass is 767 g/mol. The Hall–Kier alpha value is -4.06. The van der Waals surface area contributed by atoms with E-state index in [0.29, 0.717) is 17.0 Å². The van der Waals surface area contributed by atoms with Crippen molar-refractivity contribution in [1.82, 2.24) is 9.80 Å². The summed E-state index contributed by atoms with van der Waals surface area (Å²) in [4.78, 5) is 48.1. The van der Waals surface area contributed by atoms with Crippen LogP contribution in [0.1, 0.15) is 30.1 Å². The Labute approximate surface area is 283 Å². The van der Waals surface area contributed by atoms with Crippen molar-refractivity contribution in [3.8, 4) is 23.0 Å². The van der Waals surface area contributed by atoms with E-state index >= 15 is 0 Å². The molecule has 0 aromatic heterocycles. The number of phenolic OH excluding ortho intramolecular Hbond substituents is 2. The summed E-state index contributed by atoms with van der Waals surface area (Å²) in [6, 6.07) is -1.17. The predicted molar refractivity (Wildman–Crippen MR) is 155 cm³/mol. The Morgan fingerprint density at radius 2 is 1.04 bits per heavy atom. The van der Waals surface area contributed by atoms with Gasteiger partial charge in [0.25, 0.3) is 20.2 Å². The van der Waals surface area contributed by atoms with Gasteiger partial charge in [-0.15, -0.1) is 0 Å². The van der Waals surface area contributed by atoms with Gasteiger partial charge in [0.15, 0.2) is 0 Å². The first kappa shape index (κ1) is 43.9. The quantitative estimate of drug-likeness (QED) is 0.0750. The van der Waals surface area contributed by atoms with Gasteiger partial charge in [-0.3, -0.25) is 38.1 Å². The second kappa shape index (κ2) is 17.4. The van der Waals surface area contributed by atoms with E-state index in [1.807, 2.05) is 0 Å². The third-order valence-corrected chi connectivity index (χ3v) is 8.14. The summed E-state index contributed by atoms with van der Waals surface area (Å²) in [6.07, 6.45) is 0. The van der Waals surface area contributed by atoms with Crippen molar-refractivity contribution in [2.75, 3.05) is 40.4 Å². The number of hydrogen-bond acceptors (Lipinski definition) is 14. The van der Waals surface area contributed by atoms with Crippen LogP contribution in [0.3, 0.4) is 0 Å². The fraction of sp³-hybridized carbons (Fsp3) is 0.360. The van der Waals surface area contributed by atoms with E-state index in [-0.39, 0.29) is 34.0 Å². The van der Waals surface area contributed by atoms with Crippen LogP contribution in [0, 0.1) is 0 Å². The number of Topliss-reactive ketones (excluding diaryl/α,β-unsaturated/α-hetero) is 1. The van der Waals surface area contributed by atoms with Crippen LogP contribution in [0.2, 0.25) is 0 Å². The molecular weight excluding hydrogens is 735 g/mol. The van der Waals surface area contributed by atoms with Crippen LogP contribution in [0.4, 0.5) is 0 Å². The van der Waals surface area contributed by atoms with Crippen LogP contribution in [-0.2, 0) is 56.5 Å². The largest absolute Gasteiger partial charge is 2.00 e. The number of ketones is 1. The molecule has 9 N–H and O–H groups in total. The predicted octanol–water partition coefficient (Wildman–Crippen LogP) is -0.990. The van der Waals surface area contributed by atoms with Crippen molar-refractivity contribution >= 4 is 43.9 Å². The van der Waals surface area contributed by atoms with Crippen LogP contribution in [-0.4, -0.2) is 131 Å². The number of nitrogens with zero attached hydrogens (tertiary/aromatic N) is 2. The molecule has 0 amide bonds. The number of phenols is 2. The fourth-order valence-electron chi connectivity index (χ4n) is 4.54. The van der Waals surface area contributed by atoms with Crippen molar-refractivity contribution < 1.29 is 103 Å². The molecule has 48 heavy (non-hydrogen) atoms. The van der Waals surface area contributed by atoms with Gasteiger partial charge < -0.3 is 40.5 Å². The van der Waals surface area contributed by atoms with Gasteiger partial charge in [-0.25, -0.2) is 0 Å². The summed E-state index contributed by atoms with van der Waals surface area (Å²) in [7, 11) is -8.22. The Morgan fingerprint density at radius 1 is 0.708 bits per heavy atom. The number of carboxylic acids is 3. The van der Waals surface area contributed by atoms with Crippen molar-refractivity contribution in [3.63, 3.8) is 0 Å². The van der Waals surface area contributed by atoms with Crippen LogP contribution in [0.25, 0.3) is 0 Å². The van der Waals surface area contributed by atoms with Crippen molar-refractivity contribution in [2.24, 2.45) is 0 Å². The van der Waals surface area contributed by atoms with Crippen LogP contribution in [0.15, 0.2) is 34.1 Å². The molecule has 0 fully saturated rings. The smallest absolute Gasteiger partial charge is 0.506 e. The number of ether oxygens (including phenoxy) is 2. The molecule has 0 heterocycles. The van der Waals surface area contributed by atoms with Gasteiger partial charge in [0.2, 0.25) is 0 Å². The number of aromatic hydroxyl groups is 2. The molecule has 0 saturated carbocycles. The molecule has 20 nitrogen and oxygen atoms in total. The van der Waals surface area contributed by atoms with Gasteiger partial charge in [-0.05, 0) is 19.1 Å².